The summed E-state index contributed by atoms with van der Waals surface area (Å²) in [5, 5.41) is 0. The molecule has 266 valence electrons. The second-order valence-electron chi connectivity index (χ2n) is 14.5. The van der Waals surface area contributed by atoms with Gasteiger partial charge in [0.15, 0.2) is 5.60 Å². The molecule has 0 N–H and O–H groups in total. The standard InChI is InChI=1S/C18H16O2.C15H16O2.C13H14O2/c1-3-13-9-11-14(12-10-13)16-17(19)20-18(16,2)15-7-5-4-6-8-15;1-2-11-5-7-12(8-6-11)13-14(16)17-15(13)9-3-4-10-15;1-4-9-5-7-10(8-6-9)11-12(14)15-13(11,2)3/h3-12,16H,1H2,2H3;2,5-8,13H,1,3-4,9-10H2;4-8,11H,1H2,2-3H3. The number of esters is 3. The summed E-state index contributed by atoms with van der Waals surface area (Å²) < 4.78 is 16.0. The van der Waals surface area contributed by atoms with Crippen molar-refractivity contribution in [3.8, 4) is 0 Å². The average Bonchev–Trinajstić information content (AvgIpc) is 3.64. The predicted octanol–water partition coefficient (Wildman–Crippen LogP) is 9.92. The molecule has 3 aliphatic heterocycles. The van der Waals surface area contributed by atoms with Gasteiger partial charge in [0.2, 0.25) is 0 Å². The fourth-order valence-corrected chi connectivity index (χ4v) is 7.84. The van der Waals surface area contributed by atoms with Crippen LogP contribution in [0, 0.1) is 0 Å². The molecule has 8 rings (SSSR count). The summed E-state index contributed by atoms with van der Waals surface area (Å²) >= 11 is 0. The summed E-state index contributed by atoms with van der Waals surface area (Å²) in [6.45, 7) is 17.0. The minimum Gasteiger partial charge on any atom is -0.458 e. The van der Waals surface area contributed by atoms with Crippen LogP contribution in [0.2, 0.25) is 0 Å². The lowest BCUT2D eigenvalue weighted by Crippen LogP contribution is -2.53. The van der Waals surface area contributed by atoms with Gasteiger partial charge >= 0.3 is 17.9 Å². The van der Waals surface area contributed by atoms with E-state index in [9.17, 15) is 14.4 Å². The van der Waals surface area contributed by atoms with Gasteiger partial charge in [0.25, 0.3) is 0 Å². The van der Waals surface area contributed by atoms with Crippen LogP contribution >= 0.6 is 0 Å². The Hall–Kier alpha value is -5.49. The van der Waals surface area contributed by atoms with Gasteiger partial charge in [0, 0.05) is 0 Å². The Kier molecular flexibility index (Phi) is 10.2. The SMILES string of the molecule is C=Cc1ccc(C2C(=O)OC2(C)C)cc1.C=Cc1ccc(C2C(=O)OC2(C)c2ccccc2)cc1.C=Cc1ccc(C2C(=O)OC23CCCC3)cc1. The van der Waals surface area contributed by atoms with Gasteiger partial charge in [0.05, 0.1) is 0 Å². The highest BCUT2D eigenvalue weighted by Gasteiger charge is 2.58. The van der Waals surface area contributed by atoms with Crippen molar-refractivity contribution in [2.45, 2.75) is 81.0 Å². The normalized spacial score (nSPS) is 24.4. The molecule has 4 atom stereocenters. The molecule has 0 amide bonds. The molecule has 4 unspecified atom stereocenters. The second kappa shape index (κ2) is 14.6. The highest BCUT2D eigenvalue weighted by Crippen LogP contribution is 2.52. The fraction of sp³-hybridized carbons (Fsp3) is 0.283. The molecular weight excluding hydrogens is 649 g/mol. The molecular formula is C46H46O6. The van der Waals surface area contributed by atoms with Crippen LogP contribution in [0.4, 0.5) is 0 Å². The van der Waals surface area contributed by atoms with Gasteiger partial charge in [-0.05, 0) is 85.4 Å². The minimum absolute atomic E-state index is 0.0381. The van der Waals surface area contributed by atoms with Crippen molar-refractivity contribution < 1.29 is 28.6 Å². The molecule has 6 nitrogen and oxygen atoms in total. The Labute approximate surface area is 306 Å². The van der Waals surface area contributed by atoms with E-state index in [2.05, 4.69) is 19.7 Å². The van der Waals surface area contributed by atoms with E-state index in [-0.39, 0.29) is 46.9 Å². The molecule has 1 saturated carbocycles. The Morgan fingerprint density at radius 3 is 1.31 bits per heavy atom. The van der Waals surface area contributed by atoms with Crippen molar-refractivity contribution in [3.63, 3.8) is 0 Å². The Balaban J connectivity index is 0.000000135. The average molecular weight is 695 g/mol. The predicted molar refractivity (Wildman–Crippen MR) is 205 cm³/mol. The van der Waals surface area contributed by atoms with Crippen LogP contribution in [-0.2, 0) is 34.2 Å². The highest BCUT2D eigenvalue weighted by molar-refractivity contribution is 5.87. The summed E-state index contributed by atoms with van der Waals surface area (Å²) in [6.07, 6.45) is 9.78. The maximum atomic E-state index is 11.9. The van der Waals surface area contributed by atoms with E-state index >= 15 is 0 Å². The number of carbonyl (C=O) groups is 3. The lowest BCUT2D eigenvalue weighted by atomic mass is 9.74. The maximum Gasteiger partial charge on any atom is 0.318 e. The van der Waals surface area contributed by atoms with E-state index in [0.29, 0.717) is 0 Å². The van der Waals surface area contributed by atoms with E-state index in [4.69, 9.17) is 14.2 Å². The molecule has 1 aliphatic carbocycles. The highest BCUT2D eigenvalue weighted by atomic mass is 16.6. The van der Waals surface area contributed by atoms with Crippen LogP contribution < -0.4 is 0 Å². The molecule has 4 aromatic rings. The van der Waals surface area contributed by atoms with Crippen LogP contribution in [0.25, 0.3) is 18.2 Å². The van der Waals surface area contributed by atoms with Gasteiger partial charge < -0.3 is 14.2 Å². The van der Waals surface area contributed by atoms with Gasteiger partial charge in [-0.1, -0.05) is 141 Å². The van der Waals surface area contributed by atoms with Crippen molar-refractivity contribution in [2.24, 2.45) is 0 Å². The monoisotopic (exact) mass is 694 g/mol. The van der Waals surface area contributed by atoms with Gasteiger partial charge in [-0.3, -0.25) is 14.4 Å². The number of cyclic esters (lactones) is 2. The zero-order valence-electron chi connectivity index (χ0n) is 30.2. The number of benzene rings is 4. The van der Waals surface area contributed by atoms with Gasteiger partial charge in [-0.15, -0.1) is 0 Å². The minimum atomic E-state index is -0.575. The van der Waals surface area contributed by atoms with Crippen molar-refractivity contribution in [3.05, 3.63) is 162 Å². The van der Waals surface area contributed by atoms with Crippen LogP contribution in [-0.4, -0.2) is 29.1 Å². The van der Waals surface area contributed by atoms with Gasteiger partial charge in [-0.2, -0.15) is 0 Å². The molecule has 4 fully saturated rings. The van der Waals surface area contributed by atoms with E-state index in [1.165, 1.54) is 12.8 Å². The number of hydrogen-bond acceptors (Lipinski definition) is 6. The Morgan fingerprint density at radius 1 is 0.519 bits per heavy atom. The zero-order valence-corrected chi connectivity index (χ0v) is 30.2. The van der Waals surface area contributed by atoms with E-state index < -0.39 is 5.60 Å². The Morgan fingerprint density at radius 2 is 0.923 bits per heavy atom. The van der Waals surface area contributed by atoms with Gasteiger partial charge in [0.1, 0.15) is 29.0 Å². The molecule has 3 heterocycles. The van der Waals surface area contributed by atoms with Gasteiger partial charge in [-0.25, -0.2) is 0 Å². The smallest absolute Gasteiger partial charge is 0.318 e. The zero-order chi connectivity index (χ0) is 37.1. The summed E-state index contributed by atoms with van der Waals surface area (Å²) in [5.74, 6) is -0.767. The molecule has 0 bridgehead atoms. The third-order valence-corrected chi connectivity index (χ3v) is 10.8. The summed E-state index contributed by atoms with van der Waals surface area (Å²) in [5.41, 5.74) is 6.19. The molecule has 52 heavy (non-hydrogen) atoms. The van der Waals surface area contributed by atoms with Crippen molar-refractivity contribution in [1.29, 1.82) is 0 Å². The van der Waals surface area contributed by atoms with Crippen molar-refractivity contribution in [2.75, 3.05) is 0 Å². The number of ether oxygens (including phenoxy) is 3. The molecule has 4 aliphatic rings. The lowest BCUT2D eigenvalue weighted by molar-refractivity contribution is -0.199. The second-order valence-corrected chi connectivity index (χ2v) is 14.5. The number of carbonyl (C=O) groups excluding carboxylic acids is 3. The van der Waals surface area contributed by atoms with E-state index in [0.717, 1.165) is 51.8 Å². The first-order valence-corrected chi connectivity index (χ1v) is 17.9. The van der Waals surface area contributed by atoms with Crippen molar-refractivity contribution >= 4 is 36.1 Å². The summed E-state index contributed by atoms with van der Waals surface area (Å²) in [7, 11) is 0. The number of hydrogen-bond donors (Lipinski definition) is 0. The first-order chi connectivity index (χ1) is 24.9. The lowest BCUT2D eigenvalue weighted by Gasteiger charge is -2.45. The Bertz CT molecular complexity index is 1950. The van der Waals surface area contributed by atoms with Crippen LogP contribution in [0.15, 0.2) is 123 Å². The summed E-state index contributed by atoms with van der Waals surface area (Å²) in [6, 6.07) is 33.7. The van der Waals surface area contributed by atoms with E-state index in [1.807, 2.05) is 130 Å². The van der Waals surface area contributed by atoms with E-state index in [1.54, 1.807) is 12.2 Å². The first kappa shape index (κ1) is 36.3. The summed E-state index contributed by atoms with van der Waals surface area (Å²) in [4.78, 5) is 35.0. The third kappa shape index (κ3) is 6.90. The number of rotatable bonds is 7. The molecule has 0 radical (unpaired) electrons. The first-order valence-electron chi connectivity index (χ1n) is 17.9. The van der Waals surface area contributed by atoms with Crippen LogP contribution in [0.1, 0.15) is 103 Å². The molecule has 4 aromatic carbocycles. The topological polar surface area (TPSA) is 78.9 Å². The molecule has 6 heteroatoms. The van der Waals surface area contributed by atoms with Crippen LogP contribution in [0.5, 0.6) is 0 Å². The quantitative estimate of drug-likeness (QED) is 0.142. The molecule has 3 saturated heterocycles. The maximum absolute atomic E-state index is 11.9. The fourth-order valence-electron chi connectivity index (χ4n) is 7.84. The molecule has 1 spiro atoms. The van der Waals surface area contributed by atoms with Crippen molar-refractivity contribution in [1.82, 2.24) is 0 Å². The largest absolute Gasteiger partial charge is 0.458 e. The molecule has 0 aromatic heterocycles. The third-order valence-electron chi connectivity index (χ3n) is 10.8. The van der Waals surface area contributed by atoms with Crippen LogP contribution in [0.3, 0.4) is 0 Å².